The number of imidazole rings is 1. The van der Waals surface area contributed by atoms with Crippen LogP contribution in [0.2, 0.25) is 0 Å². The molecule has 7 heteroatoms. The van der Waals surface area contributed by atoms with Crippen molar-refractivity contribution in [2.75, 3.05) is 13.6 Å². The Hall–Kier alpha value is -1.69. The van der Waals surface area contributed by atoms with Crippen LogP contribution in [-0.4, -0.2) is 34.0 Å². The molecule has 3 rings (SSSR count). The number of fused-ring (bicyclic) bond motifs is 1. The number of likely N-dealkylation sites (tertiary alicyclic amines) is 1. The number of benzene rings is 1. The van der Waals surface area contributed by atoms with Gasteiger partial charge in [-0.25, -0.2) is 13.8 Å². The molecule has 0 saturated carbocycles. The highest BCUT2D eigenvalue weighted by atomic mass is 35.5. The lowest BCUT2D eigenvalue weighted by Crippen LogP contribution is -2.25. The van der Waals surface area contributed by atoms with Crippen molar-refractivity contribution in [1.82, 2.24) is 14.5 Å². The second kappa shape index (κ2) is 4.94. The summed E-state index contributed by atoms with van der Waals surface area (Å²) < 4.78 is 29.2. The van der Waals surface area contributed by atoms with Crippen LogP contribution in [-0.2, 0) is 4.79 Å². The lowest BCUT2D eigenvalue weighted by Gasteiger charge is -2.17. The molecule has 2 heterocycles. The molecular weight excluding hydrogens is 300 g/mol. The van der Waals surface area contributed by atoms with Crippen molar-refractivity contribution in [2.45, 2.75) is 24.8 Å². The fraction of sp³-hybridized carbons (Fsp3) is 0.429. The van der Waals surface area contributed by atoms with Gasteiger partial charge in [0.25, 0.3) is 0 Å². The van der Waals surface area contributed by atoms with Gasteiger partial charge >= 0.3 is 0 Å². The van der Waals surface area contributed by atoms with Gasteiger partial charge in [-0.2, -0.15) is 0 Å². The number of likely N-dealkylation sites (N-methyl/N-ethyl adjacent to an activating group) is 1. The molecule has 1 aliphatic heterocycles. The Morgan fingerprint density at radius 3 is 2.71 bits per heavy atom. The molecule has 1 aromatic carbocycles. The van der Waals surface area contributed by atoms with Crippen molar-refractivity contribution < 1.29 is 13.6 Å². The van der Waals surface area contributed by atoms with Gasteiger partial charge in [-0.3, -0.25) is 4.79 Å². The summed E-state index contributed by atoms with van der Waals surface area (Å²) in [7, 11) is 1.68. The van der Waals surface area contributed by atoms with Crippen LogP contribution in [0, 0.1) is 11.6 Å². The Kier molecular flexibility index (Phi) is 3.36. The van der Waals surface area contributed by atoms with Crippen molar-refractivity contribution in [3.8, 4) is 0 Å². The highest BCUT2D eigenvalue weighted by Gasteiger charge is 2.35. The maximum Gasteiger partial charge on any atom is 0.245 e. The predicted octanol–water partition coefficient (Wildman–Crippen LogP) is 3.02. The van der Waals surface area contributed by atoms with Gasteiger partial charge in [0.2, 0.25) is 5.91 Å². The van der Waals surface area contributed by atoms with Crippen molar-refractivity contribution in [3.63, 3.8) is 0 Å². The van der Waals surface area contributed by atoms with Crippen LogP contribution in [0.3, 0.4) is 0 Å². The number of aromatic nitrogens is 2. The quantitative estimate of drug-likeness (QED) is 0.799. The van der Waals surface area contributed by atoms with E-state index in [9.17, 15) is 13.6 Å². The van der Waals surface area contributed by atoms with E-state index in [2.05, 4.69) is 4.98 Å². The van der Waals surface area contributed by atoms with Crippen molar-refractivity contribution in [3.05, 3.63) is 29.6 Å². The second-order valence-corrected chi connectivity index (χ2v) is 5.90. The SMILES string of the molecule is CC(Cl)c1nc2ccc(F)c(F)c2n1C1CCN(C)C1=O. The number of hydrogen-bond donors (Lipinski definition) is 0. The van der Waals surface area contributed by atoms with Gasteiger partial charge in [-0.1, -0.05) is 0 Å². The summed E-state index contributed by atoms with van der Waals surface area (Å²) in [6, 6.07) is 1.84. The van der Waals surface area contributed by atoms with Crippen molar-refractivity contribution in [1.29, 1.82) is 0 Å². The first kappa shape index (κ1) is 14.3. The van der Waals surface area contributed by atoms with E-state index >= 15 is 0 Å². The zero-order valence-electron chi connectivity index (χ0n) is 11.6. The standard InChI is InChI=1S/C14H14ClF2N3O/c1-7(15)13-18-9-4-3-8(16)11(17)12(9)20(13)10-5-6-19(2)14(10)21/h3-4,7,10H,5-6H2,1-2H3. The second-order valence-electron chi connectivity index (χ2n) is 5.25. The van der Waals surface area contributed by atoms with Crippen LogP contribution in [0.5, 0.6) is 0 Å². The zero-order chi connectivity index (χ0) is 15.3. The molecule has 0 aliphatic carbocycles. The fourth-order valence-corrected chi connectivity index (χ4v) is 2.93. The Labute approximate surface area is 125 Å². The Morgan fingerprint density at radius 2 is 2.14 bits per heavy atom. The van der Waals surface area contributed by atoms with Crippen LogP contribution in [0.25, 0.3) is 11.0 Å². The van der Waals surface area contributed by atoms with Gasteiger partial charge in [0.1, 0.15) is 17.4 Å². The number of hydrogen-bond acceptors (Lipinski definition) is 2. The first-order chi connectivity index (χ1) is 9.91. The average molecular weight is 314 g/mol. The van der Waals surface area contributed by atoms with Gasteiger partial charge in [-0.15, -0.1) is 11.6 Å². The number of alkyl halides is 1. The molecule has 0 radical (unpaired) electrons. The third-order valence-electron chi connectivity index (χ3n) is 3.84. The third-order valence-corrected chi connectivity index (χ3v) is 4.03. The van der Waals surface area contributed by atoms with Crippen molar-refractivity contribution >= 4 is 28.5 Å². The van der Waals surface area contributed by atoms with E-state index < -0.39 is 23.1 Å². The summed E-state index contributed by atoms with van der Waals surface area (Å²) >= 11 is 6.11. The monoisotopic (exact) mass is 313 g/mol. The van der Waals surface area contributed by atoms with Gasteiger partial charge in [-0.05, 0) is 25.5 Å². The zero-order valence-corrected chi connectivity index (χ0v) is 12.4. The van der Waals surface area contributed by atoms with E-state index in [-0.39, 0.29) is 11.4 Å². The van der Waals surface area contributed by atoms with E-state index in [0.717, 1.165) is 6.07 Å². The summed E-state index contributed by atoms with van der Waals surface area (Å²) in [5, 5.41) is -0.515. The average Bonchev–Trinajstić information content (AvgIpc) is 2.97. The molecule has 4 nitrogen and oxygen atoms in total. The molecule has 1 fully saturated rings. The molecule has 1 aromatic heterocycles. The maximum absolute atomic E-state index is 14.2. The highest BCUT2D eigenvalue weighted by molar-refractivity contribution is 6.20. The fourth-order valence-electron chi connectivity index (χ4n) is 2.78. The molecule has 0 N–H and O–H groups in total. The number of amides is 1. The van der Waals surface area contributed by atoms with Crippen LogP contribution in [0.4, 0.5) is 8.78 Å². The normalized spacial score (nSPS) is 20.5. The van der Waals surface area contributed by atoms with Gasteiger partial charge in [0.05, 0.1) is 10.9 Å². The number of carbonyl (C=O) groups is 1. The number of halogens is 3. The van der Waals surface area contributed by atoms with E-state index in [1.807, 2.05) is 0 Å². The molecule has 2 unspecified atom stereocenters. The van der Waals surface area contributed by atoms with Gasteiger partial charge < -0.3 is 9.47 Å². The maximum atomic E-state index is 14.2. The molecule has 1 amide bonds. The summed E-state index contributed by atoms with van der Waals surface area (Å²) in [4.78, 5) is 18.1. The Morgan fingerprint density at radius 1 is 1.43 bits per heavy atom. The lowest BCUT2D eigenvalue weighted by atomic mass is 10.2. The summed E-state index contributed by atoms with van der Waals surface area (Å²) in [5.41, 5.74) is 0.310. The van der Waals surface area contributed by atoms with Crippen molar-refractivity contribution in [2.24, 2.45) is 0 Å². The topological polar surface area (TPSA) is 38.1 Å². The molecule has 0 spiro atoms. The molecule has 0 bridgehead atoms. The molecule has 2 aromatic rings. The first-order valence-electron chi connectivity index (χ1n) is 6.66. The third kappa shape index (κ3) is 2.09. The van der Waals surface area contributed by atoms with E-state index in [1.165, 1.54) is 10.6 Å². The van der Waals surface area contributed by atoms with Gasteiger partial charge in [0.15, 0.2) is 11.6 Å². The minimum atomic E-state index is -0.995. The van der Waals surface area contributed by atoms with E-state index in [0.29, 0.717) is 24.3 Å². The molecule has 21 heavy (non-hydrogen) atoms. The largest absolute Gasteiger partial charge is 0.344 e. The smallest absolute Gasteiger partial charge is 0.245 e. The number of carbonyl (C=O) groups excluding carboxylic acids is 1. The lowest BCUT2D eigenvalue weighted by molar-refractivity contribution is -0.129. The Balaban J connectivity index is 2.30. The molecule has 1 saturated heterocycles. The first-order valence-corrected chi connectivity index (χ1v) is 7.10. The minimum Gasteiger partial charge on any atom is -0.344 e. The molecule has 1 aliphatic rings. The summed E-state index contributed by atoms with van der Waals surface area (Å²) in [5.74, 6) is -1.72. The molecule has 2 atom stereocenters. The summed E-state index contributed by atoms with van der Waals surface area (Å²) in [6.07, 6.45) is 0.521. The number of rotatable bonds is 2. The Bertz CT molecular complexity index is 729. The van der Waals surface area contributed by atoms with Crippen LogP contribution in [0.15, 0.2) is 12.1 Å². The number of nitrogens with zero attached hydrogens (tertiary/aromatic N) is 3. The minimum absolute atomic E-state index is 0.00569. The molecular formula is C14H14ClF2N3O. The van der Waals surface area contributed by atoms with E-state index in [4.69, 9.17) is 11.6 Å². The van der Waals surface area contributed by atoms with Crippen LogP contribution >= 0.6 is 11.6 Å². The molecule has 112 valence electrons. The van der Waals surface area contributed by atoms with Crippen LogP contribution < -0.4 is 0 Å². The van der Waals surface area contributed by atoms with E-state index in [1.54, 1.807) is 18.9 Å². The highest BCUT2D eigenvalue weighted by Crippen LogP contribution is 2.34. The summed E-state index contributed by atoms with van der Waals surface area (Å²) in [6.45, 7) is 2.26. The van der Waals surface area contributed by atoms with Gasteiger partial charge in [0, 0.05) is 13.6 Å². The predicted molar refractivity (Wildman–Crippen MR) is 75.2 cm³/mol. The van der Waals surface area contributed by atoms with Crippen LogP contribution in [0.1, 0.15) is 30.6 Å².